The number of methoxy groups -OCH3 is 2. The van der Waals surface area contributed by atoms with Crippen molar-refractivity contribution in [1.82, 2.24) is 5.32 Å². The fourth-order valence-electron chi connectivity index (χ4n) is 1.65. The highest BCUT2D eigenvalue weighted by Gasteiger charge is 2.14. The van der Waals surface area contributed by atoms with Crippen LogP contribution in [0.25, 0.3) is 0 Å². The molecule has 7 heteroatoms. The van der Waals surface area contributed by atoms with E-state index in [1.165, 1.54) is 0 Å². The molecule has 1 aromatic carbocycles. The first-order valence-corrected chi connectivity index (χ1v) is 9.21. The van der Waals surface area contributed by atoms with Crippen LogP contribution in [0, 0.1) is 10.7 Å². The Kier molecular flexibility index (Phi) is 9.18. The van der Waals surface area contributed by atoms with Gasteiger partial charge < -0.3 is 14.8 Å². The average molecular weight is 615 g/mol. The third-order valence-electron chi connectivity index (χ3n) is 2.66. The molecule has 0 bridgehead atoms. The van der Waals surface area contributed by atoms with E-state index in [1.54, 1.807) is 14.2 Å². The van der Waals surface area contributed by atoms with Gasteiger partial charge in [-0.05, 0) is 86.3 Å². The number of benzene rings is 1. The number of carbonyl (C=O) groups excluding carboxylic acids is 1. The number of hydrogen-bond donors (Lipinski definition) is 1. The van der Waals surface area contributed by atoms with E-state index >= 15 is 0 Å². The summed E-state index contributed by atoms with van der Waals surface area (Å²) in [6, 6.07) is 4.01. The standard InChI is InChI=1S/C13H16I3NO3/c1-19-11(20-2)4-3-5-17-13(18)12-9(15)6-8(14)7-10(12)16/h6-7,11H,3-5H2,1-2H3,(H,17,18). The van der Waals surface area contributed by atoms with Gasteiger partial charge >= 0.3 is 0 Å². The molecule has 0 aliphatic carbocycles. The lowest BCUT2D eigenvalue weighted by atomic mass is 10.2. The number of carbonyl (C=O) groups is 1. The monoisotopic (exact) mass is 615 g/mol. The number of halogens is 3. The molecule has 112 valence electrons. The maximum Gasteiger partial charge on any atom is 0.253 e. The van der Waals surface area contributed by atoms with Crippen LogP contribution in [0.15, 0.2) is 12.1 Å². The van der Waals surface area contributed by atoms with Crippen LogP contribution in [0.5, 0.6) is 0 Å². The van der Waals surface area contributed by atoms with Crippen LogP contribution in [-0.4, -0.2) is 33.0 Å². The summed E-state index contributed by atoms with van der Waals surface area (Å²) in [5.41, 5.74) is 0.752. The highest BCUT2D eigenvalue weighted by Crippen LogP contribution is 2.22. The van der Waals surface area contributed by atoms with Crippen molar-refractivity contribution in [3.8, 4) is 0 Å². The first-order valence-electron chi connectivity index (χ1n) is 5.98. The van der Waals surface area contributed by atoms with Crippen LogP contribution >= 0.6 is 67.8 Å². The summed E-state index contributed by atoms with van der Waals surface area (Å²) in [7, 11) is 3.23. The van der Waals surface area contributed by atoms with Crippen LogP contribution in [0.3, 0.4) is 0 Å². The van der Waals surface area contributed by atoms with E-state index < -0.39 is 0 Å². The normalized spacial score (nSPS) is 10.9. The van der Waals surface area contributed by atoms with Crippen molar-refractivity contribution in [3.05, 3.63) is 28.4 Å². The Bertz CT molecular complexity index is 441. The Morgan fingerprint density at radius 2 is 1.75 bits per heavy atom. The molecule has 1 rings (SSSR count). The Morgan fingerprint density at radius 1 is 1.20 bits per heavy atom. The minimum absolute atomic E-state index is 0.0263. The zero-order chi connectivity index (χ0) is 15.1. The van der Waals surface area contributed by atoms with E-state index in [-0.39, 0.29) is 12.2 Å². The molecule has 0 spiro atoms. The molecule has 20 heavy (non-hydrogen) atoms. The van der Waals surface area contributed by atoms with E-state index in [0.717, 1.165) is 29.1 Å². The minimum Gasteiger partial charge on any atom is -0.356 e. The van der Waals surface area contributed by atoms with Crippen LogP contribution in [0.1, 0.15) is 23.2 Å². The van der Waals surface area contributed by atoms with Crippen molar-refractivity contribution < 1.29 is 14.3 Å². The molecule has 0 aliphatic heterocycles. The molecule has 0 aromatic heterocycles. The third kappa shape index (κ3) is 5.89. The molecule has 0 atom stereocenters. The zero-order valence-electron chi connectivity index (χ0n) is 11.2. The maximum atomic E-state index is 12.2. The van der Waals surface area contributed by atoms with Crippen LogP contribution in [0.4, 0.5) is 0 Å². The molecular formula is C13H16I3NO3. The molecule has 0 unspecified atom stereocenters. The van der Waals surface area contributed by atoms with Crippen LogP contribution in [-0.2, 0) is 9.47 Å². The summed E-state index contributed by atoms with van der Waals surface area (Å²) in [5.74, 6) is -0.0263. The summed E-state index contributed by atoms with van der Waals surface area (Å²) in [5, 5.41) is 2.94. The second-order valence-corrected chi connectivity index (χ2v) is 7.61. The molecule has 1 aromatic rings. The topological polar surface area (TPSA) is 47.6 Å². The highest BCUT2D eigenvalue weighted by molar-refractivity contribution is 14.1. The molecule has 0 saturated carbocycles. The molecule has 0 radical (unpaired) electrons. The van der Waals surface area contributed by atoms with Gasteiger partial charge in [-0.2, -0.15) is 0 Å². The first-order chi connectivity index (χ1) is 9.49. The summed E-state index contributed by atoms with van der Waals surface area (Å²) < 4.78 is 13.3. The van der Waals surface area contributed by atoms with E-state index in [4.69, 9.17) is 9.47 Å². The molecule has 0 heterocycles. The average Bonchev–Trinajstić information content (AvgIpc) is 2.37. The predicted octanol–water partition coefficient (Wildman–Crippen LogP) is 3.63. The molecule has 4 nitrogen and oxygen atoms in total. The zero-order valence-corrected chi connectivity index (χ0v) is 17.7. The van der Waals surface area contributed by atoms with E-state index in [9.17, 15) is 4.79 Å². The lowest BCUT2D eigenvalue weighted by Gasteiger charge is -2.13. The number of amides is 1. The van der Waals surface area contributed by atoms with Gasteiger partial charge in [0, 0.05) is 37.9 Å². The smallest absolute Gasteiger partial charge is 0.253 e. The van der Waals surface area contributed by atoms with Gasteiger partial charge in [0.05, 0.1) is 5.56 Å². The quantitative estimate of drug-likeness (QED) is 0.290. The van der Waals surface area contributed by atoms with Crippen molar-refractivity contribution in [1.29, 1.82) is 0 Å². The molecular weight excluding hydrogens is 599 g/mol. The van der Waals surface area contributed by atoms with Gasteiger partial charge in [-0.3, -0.25) is 4.79 Å². The number of ether oxygens (including phenoxy) is 2. The van der Waals surface area contributed by atoms with Gasteiger partial charge in [0.1, 0.15) is 0 Å². The molecule has 1 N–H and O–H groups in total. The van der Waals surface area contributed by atoms with Crippen molar-refractivity contribution in [2.24, 2.45) is 0 Å². The largest absolute Gasteiger partial charge is 0.356 e. The van der Waals surface area contributed by atoms with Gasteiger partial charge in [-0.25, -0.2) is 0 Å². The summed E-state index contributed by atoms with van der Waals surface area (Å²) in [4.78, 5) is 12.2. The Labute approximate surface area is 160 Å². The summed E-state index contributed by atoms with van der Waals surface area (Å²) >= 11 is 6.65. The third-order valence-corrected chi connectivity index (χ3v) is 4.99. The Balaban J connectivity index is 2.52. The van der Waals surface area contributed by atoms with E-state index in [0.29, 0.717) is 6.54 Å². The molecule has 1 amide bonds. The predicted molar refractivity (Wildman–Crippen MR) is 104 cm³/mol. The van der Waals surface area contributed by atoms with Gasteiger partial charge in [0.25, 0.3) is 5.91 Å². The minimum atomic E-state index is -0.203. The van der Waals surface area contributed by atoms with E-state index in [2.05, 4.69) is 73.1 Å². The maximum absolute atomic E-state index is 12.2. The fourth-order valence-corrected chi connectivity index (χ4v) is 5.72. The summed E-state index contributed by atoms with van der Waals surface area (Å²) in [6.45, 7) is 0.611. The van der Waals surface area contributed by atoms with Gasteiger partial charge in [0.2, 0.25) is 0 Å². The highest BCUT2D eigenvalue weighted by atomic mass is 127. The van der Waals surface area contributed by atoms with Gasteiger partial charge in [-0.1, -0.05) is 0 Å². The number of hydrogen-bond acceptors (Lipinski definition) is 3. The van der Waals surface area contributed by atoms with Crippen molar-refractivity contribution >= 4 is 73.7 Å². The number of nitrogens with one attached hydrogen (secondary N) is 1. The first kappa shape index (κ1) is 18.8. The van der Waals surface area contributed by atoms with Crippen molar-refractivity contribution in [2.45, 2.75) is 19.1 Å². The van der Waals surface area contributed by atoms with Crippen molar-refractivity contribution in [3.63, 3.8) is 0 Å². The molecule has 0 saturated heterocycles. The fraction of sp³-hybridized carbons (Fsp3) is 0.462. The van der Waals surface area contributed by atoms with E-state index in [1.807, 2.05) is 12.1 Å². The molecule has 0 fully saturated rings. The lowest BCUT2D eigenvalue weighted by molar-refractivity contribution is -0.106. The van der Waals surface area contributed by atoms with Gasteiger partial charge in [0.15, 0.2) is 6.29 Å². The second kappa shape index (κ2) is 9.74. The van der Waals surface area contributed by atoms with Crippen LogP contribution in [0.2, 0.25) is 0 Å². The van der Waals surface area contributed by atoms with Crippen molar-refractivity contribution in [2.75, 3.05) is 20.8 Å². The van der Waals surface area contributed by atoms with Gasteiger partial charge in [-0.15, -0.1) is 0 Å². The Hall–Kier alpha value is 0.800. The molecule has 0 aliphatic rings. The Morgan fingerprint density at radius 3 is 2.25 bits per heavy atom. The lowest BCUT2D eigenvalue weighted by Crippen LogP contribution is -2.27. The SMILES string of the molecule is COC(CCCNC(=O)c1c(I)cc(I)cc1I)OC. The number of rotatable bonds is 7. The summed E-state index contributed by atoms with van der Waals surface area (Å²) in [6.07, 6.45) is 1.37. The van der Waals surface area contributed by atoms with Crippen LogP contribution < -0.4 is 5.32 Å². The second-order valence-electron chi connectivity index (χ2n) is 4.04.